The molecule has 0 saturated carbocycles. The van der Waals surface area contributed by atoms with E-state index < -0.39 is 11.7 Å². The van der Waals surface area contributed by atoms with E-state index in [1.165, 1.54) is 4.90 Å². The Morgan fingerprint density at radius 1 is 1.40 bits per heavy atom. The summed E-state index contributed by atoms with van der Waals surface area (Å²) in [6.07, 6.45) is 2.24. The molecule has 0 spiro atoms. The summed E-state index contributed by atoms with van der Waals surface area (Å²) in [6.45, 7) is 11.0. The molecule has 2 atom stereocenters. The Labute approximate surface area is 149 Å². The van der Waals surface area contributed by atoms with Gasteiger partial charge in [-0.15, -0.1) is 6.58 Å². The van der Waals surface area contributed by atoms with Crippen LogP contribution in [0.2, 0.25) is 0 Å². The van der Waals surface area contributed by atoms with Crippen molar-refractivity contribution in [1.82, 2.24) is 4.90 Å². The Bertz CT molecular complexity index is 675. The first-order chi connectivity index (χ1) is 11.7. The van der Waals surface area contributed by atoms with Gasteiger partial charge < -0.3 is 9.47 Å². The van der Waals surface area contributed by atoms with Crippen LogP contribution in [0.5, 0.6) is 5.75 Å². The van der Waals surface area contributed by atoms with Crippen molar-refractivity contribution in [2.24, 2.45) is 5.92 Å². The molecule has 1 heterocycles. The minimum atomic E-state index is -0.658. The maximum absolute atomic E-state index is 12.8. The van der Waals surface area contributed by atoms with Gasteiger partial charge in [0.15, 0.2) is 0 Å². The van der Waals surface area contributed by atoms with Crippen molar-refractivity contribution in [2.45, 2.75) is 52.2 Å². The van der Waals surface area contributed by atoms with E-state index in [9.17, 15) is 9.59 Å². The highest BCUT2D eigenvalue weighted by Gasteiger charge is 2.44. The van der Waals surface area contributed by atoms with E-state index in [0.717, 1.165) is 16.9 Å². The minimum Gasteiger partial charge on any atom is -0.496 e. The summed E-state index contributed by atoms with van der Waals surface area (Å²) in [6, 6.07) is 5.39. The Hall–Kier alpha value is -2.30. The van der Waals surface area contributed by atoms with Crippen LogP contribution in [0.25, 0.3) is 0 Å². The first-order valence-corrected chi connectivity index (χ1v) is 8.49. The third-order valence-electron chi connectivity index (χ3n) is 4.25. The molecule has 5 nitrogen and oxygen atoms in total. The van der Waals surface area contributed by atoms with Gasteiger partial charge in [-0.25, -0.2) is 9.69 Å². The van der Waals surface area contributed by atoms with Gasteiger partial charge in [-0.05, 0) is 57.7 Å². The fraction of sp³-hybridized carbons (Fsp3) is 0.500. The average Bonchev–Trinajstić information content (AvgIpc) is 2.83. The number of aryl methyl sites for hydroxylation is 1. The van der Waals surface area contributed by atoms with E-state index in [4.69, 9.17) is 9.47 Å². The number of rotatable bonds is 4. The molecule has 1 aromatic carbocycles. The quantitative estimate of drug-likeness (QED) is 0.759. The van der Waals surface area contributed by atoms with E-state index >= 15 is 0 Å². The number of allylic oxidation sites excluding steroid dienone is 1. The number of benzene rings is 1. The lowest BCUT2D eigenvalue weighted by molar-refractivity contribution is -0.131. The zero-order valence-corrected chi connectivity index (χ0v) is 15.7. The van der Waals surface area contributed by atoms with Crippen molar-refractivity contribution in [1.29, 1.82) is 0 Å². The topological polar surface area (TPSA) is 55.8 Å². The molecular formula is C20H27NO4. The van der Waals surface area contributed by atoms with Gasteiger partial charge in [-0.2, -0.15) is 0 Å². The molecule has 0 N–H and O–H groups in total. The largest absolute Gasteiger partial charge is 0.496 e. The lowest BCUT2D eigenvalue weighted by Crippen LogP contribution is -2.39. The predicted molar refractivity (Wildman–Crippen MR) is 96.5 cm³/mol. The lowest BCUT2D eigenvalue weighted by Gasteiger charge is -2.27. The van der Waals surface area contributed by atoms with Crippen molar-refractivity contribution in [3.63, 3.8) is 0 Å². The number of carbonyl (C=O) groups is 2. The Morgan fingerprint density at radius 2 is 2.08 bits per heavy atom. The molecule has 0 bridgehead atoms. The normalized spacial score (nSPS) is 20.5. The van der Waals surface area contributed by atoms with Gasteiger partial charge in [0.2, 0.25) is 5.91 Å². The summed E-state index contributed by atoms with van der Waals surface area (Å²) in [5.74, 6) is 0.324. The Morgan fingerprint density at radius 3 is 2.60 bits per heavy atom. The predicted octanol–water partition coefficient (Wildman–Crippen LogP) is 4.40. The van der Waals surface area contributed by atoms with E-state index in [0.29, 0.717) is 12.8 Å². The fourth-order valence-corrected chi connectivity index (χ4v) is 3.15. The van der Waals surface area contributed by atoms with Crippen molar-refractivity contribution < 1.29 is 19.1 Å². The maximum Gasteiger partial charge on any atom is 0.417 e. The zero-order valence-electron chi connectivity index (χ0n) is 15.7. The van der Waals surface area contributed by atoms with Crippen LogP contribution in [0.3, 0.4) is 0 Å². The first-order valence-electron chi connectivity index (χ1n) is 8.49. The molecule has 1 aliphatic rings. The van der Waals surface area contributed by atoms with Gasteiger partial charge in [0.1, 0.15) is 11.4 Å². The smallest absolute Gasteiger partial charge is 0.417 e. The number of carbonyl (C=O) groups excluding carboxylic acids is 2. The molecule has 0 unspecified atom stereocenters. The van der Waals surface area contributed by atoms with Crippen LogP contribution in [0.15, 0.2) is 30.9 Å². The molecule has 1 saturated heterocycles. The van der Waals surface area contributed by atoms with Crippen molar-refractivity contribution in [3.05, 3.63) is 42.0 Å². The minimum absolute atomic E-state index is 0.201. The lowest BCUT2D eigenvalue weighted by atomic mass is 9.96. The number of amides is 2. The number of ether oxygens (including phenoxy) is 2. The third-order valence-corrected chi connectivity index (χ3v) is 4.25. The molecule has 2 amide bonds. The van der Waals surface area contributed by atoms with Crippen LogP contribution >= 0.6 is 0 Å². The number of imide groups is 1. The number of nitrogens with zero attached hydrogens (tertiary/aromatic N) is 1. The molecule has 0 aromatic heterocycles. The SMILES string of the molecule is C=CC[C@@H]1C[C@@H](c2ccc(OC)c(C)c2)N(C(=O)OC(C)(C)C)C1=O. The third kappa shape index (κ3) is 4.21. The highest BCUT2D eigenvalue weighted by Crippen LogP contribution is 2.40. The van der Waals surface area contributed by atoms with Crippen LogP contribution in [0, 0.1) is 12.8 Å². The summed E-state index contributed by atoms with van der Waals surface area (Å²) >= 11 is 0. The van der Waals surface area contributed by atoms with E-state index in [1.807, 2.05) is 25.1 Å². The molecule has 0 aliphatic carbocycles. The molecular weight excluding hydrogens is 318 g/mol. The summed E-state index contributed by atoms with van der Waals surface area (Å²) in [4.78, 5) is 26.7. The van der Waals surface area contributed by atoms with E-state index in [2.05, 4.69) is 6.58 Å². The second-order valence-corrected chi connectivity index (χ2v) is 7.39. The summed E-state index contributed by atoms with van der Waals surface area (Å²) < 4.78 is 10.8. The highest BCUT2D eigenvalue weighted by atomic mass is 16.6. The van der Waals surface area contributed by atoms with Crippen LogP contribution in [-0.4, -0.2) is 29.6 Å². The molecule has 1 aliphatic heterocycles. The standard InChI is InChI=1S/C20H27NO4/c1-7-8-15-12-16(14-9-10-17(24-6)13(2)11-14)21(18(15)22)19(23)25-20(3,4)5/h7,9-11,15-16H,1,8,12H2,2-6H3/t15-,16+/m1/s1. The number of likely N-dealkylation sites (tertiary alicyclic amines) is 1. The van der Waals surface area contributed by atoms with Crippen LogP contribution in [0.4, 0.5) is 4.79 Å². The van der Waals surface area contributed by atoms with Crippen molar-refractivity contribution in [3.8, 4) is 5.75 Å². The van der Waals surface area contributed by atoms with Gasteiger partial charge in [-0.1, -0.05) is 18.2 Å². The monoisotopic (exact) mass is 345 g/mol. The first kappa shape index (κ1) is 19.0. The second-order valence-electron chi connectivity index (χ2n) is 7.39. The Kier molecular flexibility index (Phi) is 5.55. The number of hydrogen-bond donors (Lipinski definition) is 0. The van der Waals surface area contributed by atoms with Crippen LogP contribution in [0.1, 0.15) is 50.8 Å². The summed E-state index contributed by atoms with van der Waals surface area (Å²) in [5.41, 5.74) is 1.21. The average molecular weight is 345 g/mol. The van der Waals surface area contributed by atoms with Gasteiger partial charge >= 0.3 is 6.09 Å². The zero-order chi connectivity index (χ0) is 18.8. The van der Waals surface area contributed by atoms with Crippen molar-refractivity contribution in [2.75, 3.05) is 7.11 Å². The van der Waals surface area contributed by atoms with E-state index in [1.54, 1.807) is 34.0 Å². The molecule has 5 heteroatoms. The molecule has 1 fully saturated rings. The number of hydrogen-bond acceptors (Lipinski definition) is 4. The van der Waals surface area contributed by atoms with Crippen LogP contribution < -0.4 is 4.74 Å². The molecule has 136 valence electrons. The summed E-state index contributed by atoms with van der Waals surface area (Å²) in [5, 5.41) is 0. The highest BCUT2D eigenvalue weighted by molar-refractivity contribution is 5.96. The number of methoxy groups -OCH3 is 1. The Balaban J connectivity index is 2.37. The van der Waals surface area contributed by atoms with Gasteiger partial charge in [-0.3, -0.25) is 4.79 Å². The van der Waals surface area contributed by atoms with E-state index in [-0.39, 0.29) is 17.9 Å². The molecule has 2 rings (SSSR count). The fourth-order valence-electron chi connectivity index (χ4n) is 3.15. The molecule has 0 radical (unpaired) electrons. The van der Waals surface area contributed by atoms with Gasteiger partial charge in [0, 0.05) is 5.92 Å². The maximum atomic E-state index is 12.8. The molecule has 25 heavy (non-hydrogen) atoms. The second kappa shape index (κ2) is 7.30. The van der Waals surface area contributed by atoms with Gasteiger partial charge in [0.05, 0.1) is 13.2 Å². The van der Waals surface area contributed by atoms with Crippen molar-refractivity contribution >= 4 is 12.0 Å². The van der Waals surface area contributed by atoms with Crippen LogP contribution in [-0.2, 0) is 9.53 Å². The van der Waals surface area contributed by atoms with Gasteiger partial charge in [0.25, 0.3) is 0 Å². The summed E-state index contributed by atoms with van der Waals surface area (Å²) in [7, 11) is 1.62. The molecule has 1 aromatic rings.